The summed E-state index contributed by atoms with van der Waals surface area (Å²) in [4.78, 5) is 0. The lowest BCUT2D eigenvalue weighted by molar-refractivity contribution is 0.0452. The molecule has 1 aliphatic heterocycles. The van der Waals surface area contributed by atoms with E-state index in [-0.39, 0.29) is 5.41 Å². The predicted octanol–water partition coefficient (Wildman–Crippen LogP) is 3.56. The zero-order valence-electron chi connectivity index (χ0n) is 9.01. The van der Waals surface area contributed by atoms with Crippen molar-refractivity contribution >= 4 is 8.38 Å². The average molecular weight is 204 g/mol. The van der Waals surface area contributed by atoms with Gasteiger partial charge in [0.05, 0.1) is 13.2 Å². The van der Waals surface area contributed by atoms with Gasteiger partial charge in [-0.2, -0.15) is 0 Å². The maximum Gasteiger partial charge on any atom is 0.170 e. The van der Waals surface area contributed by atoms with E-state index in [1.54, 1.807) is 0 Å². The summed E-state index contributed by atoms with van der Waals surface area (Å²) in [7, 11) is -0.542. The van der Waals surface area contributed by atoms with Crippen molar-refractivity contribution in [2.75, 3.05) is 19.4 Å². The third-order valence-corrected chi connectivity index (χ3v) is 4.18. The molecule has 0 radical (unpaired) electrons. The third-order valence-electron chi connectivity index (χ3n) is 2.66. The van der Waals surface area contributed by atoms with Gasteiger partial charge in [0.2, 0.25) is 0 Å². The van der Waals surface area contributed by atoms with Crippen molar-refractivity contribution in [2.24, 2.45) is 5.41 Å². The molecule has 0 unspecified atom stereocenters. The fourth-order valence-electron chi connectivity index (χ4n) is 1.16. The molecule has 1 fully saturated rings. The van der Waals surface area contributed by atoms with Gasteiger partial charge >= 0.3 is 0 Å². The molecule has 2 nitrogen and oxygen atoms in total. The molecule has 1 heterocycles. The minimum atomic E-state index is -0.542. The van der Waals surface area contributed by atoms with Gasteiger partial charge in [0.15, 0.2) is 8.38 Å². The number of hydrogen-bond acceptors (Lipinski definition) is 2. The Hall–Kier alpha value is 0.350. The van der Waals surface area contributed by atoms with E-state index in [0.717, 1.165) is 25.8 Å². The highest BCUT2D eigenvalue weighted by atomic mass is 31.2. The summed E-state index contributed by atoms with van der Waals surface area (Å²) in [5, 5.41) is 0. The molecule has 1 saturated heterocycles. The van der Waals surface area contributed by atoms with Gasteiger partial charge in [-0.3, -0.25) is 0 Å². The van der Waals surface area contributed by atoms with Crippen LogP contribution in [0.15, 0.2) is 0 Å². The number of unbranched alkanes of at least 4 members (excludes halogenated alkanes) is 1. The third kappa shape index (κ3) is 3.53. The van der Waals surface area contributed by atoms with Crippen LogP contribution in [-0.4, -0.2) is 19.4 Å². The Balaban J connectivity index is 2.22. The van der Waals surface area contributed by atoms with Crippen LogP contribution in [0.3, 0.4) is 0 Å². The summed E-state index contributed by atoms with van der Waals surface area (Å²) in [5.74, 6) is 0. The van der Waals surface area contributed by atoms with Crippen LogP contribution in [0.1, 0.15) is 40.0 Å². The van der Waals surface area contributed by atoms with Crippen molar-refractivity contribution in [3.8, 4) is 0 Å². The second-order valence-electron chi connectivity index (χ2n) is 4.12. The van der Waals surface area contributed by atoms with E-state index in [4.69, 9.17) is 9.05 Å². The molecule has 13 heavy (non-hydrogen) atoms. The maximum absolute atomic E-state index is 5.73. The molecule has 0 N–H and O–H groups in total. The topological polar surface area (TPSA) is 18.5 Å². The van der Waals surface area contributed by atoms with Gasteiger partial charge in [0, 0.05) is 11.6 Å². The van der Waals surface area contributed by atoms with Crippen LogP contribution in [0.5, 0.6) is 0 Å². The lowest BCUT2D eigenvalue weighted by atomic mass is 9.90. The molecule has 0 saturated carbocycles. The molecular formula is C10H21O2P. The lowest BCUT2D eigenvalue weighted by Crippen LogP contribution is -2.31. The quantitative estimate of drug-likeness (QED) is 0.652. The summed E-state index contributed by atoms with van der Waals surface area (Å²) >= 11 is 0. The van der Waals surface area contributed by atoms with E-state index >= 15 is 0 Å². The van der Waals surface area contributed by atoms with Crippen LogP contribution in [-0.2, 0) is 9.05 Å². The number of hydrogen-bond donors (Lipinski definition) is 0. The Kier molecular flexibility index (Phi) is 4.64. The van der Waals surface area contributed by atoms with Crippen molar-refractivity contribution in [3.05, 3.63) is 0 Å². The highest BCUT2D eigenvalue weighted by molar-refractivity contribution is 7.47. The summed E-state index contributed by atoms with van der Waals surface area (Å²) in [5.41, 5.74) is 0.269. The molecule has 0 amide bonds. The fourth-order valence-corrected chi connectivity index (χ4v) is 2.97. The highest BCUT2D eigenvalue weighted by Crippen LogP contribution is 2.47. The second-order valence-corrected chi connectivity index (χ2v) is 5.75. The van der Waals surface area contributed by atoms with Gasteiger partial charge in [-0.05, 0) is 12.8 Å². The van der Waals surface area contributed by atoms with Crippen LogP contribution >= 0.6 is 8.38 Å². The minimum Gasteiger partial charge on any atom is -0.333 e. The normalized spacial score (nSPS) is 34.8. The van der Waals surface area contributed by atoms with Crippen LogP contribution in [0, 0.1) is 5.41 Å². The van der Waals surface area contributed by atoms with E-state index in [1.165, 1.54) is 12.8 Å². The van der Waals surface area contributed by atoms with Crippen molar-refractivity contribution < 1.29 is 9.05 Å². The molecule has 0 bridgehead atoms. The molecule has 1 rings (SSSR count). The van der Waals surface area contributed by atoms with E-state index < -0.39 is 8.38 Å². The van der Waals surface area contributed by atoms with E-state index in [9.17, 15) is 0 Å². The van der Waals surface area contributed by atoms with Crippen molar-refractivity contribution in [2.45, 2.75) is 40.0 Å². The Bertz CT molecular complexity index is 142. The average Bonchev–Trinajstić information content (AvgIpc) is 2.17. The number of rotatable bonds is 4. The van der Waals surface area contributed by atoms with Gasteiger partial charge in [-0.1, -0.05) is 27.2 Å². The Labute approximate surface area is 82.9 Å². The van der Waals surface area contributed by atoms with Crippen LogP contribution in [0.4, 0.5) is 0 Å². The van der Waals surface area contributed by atoms with Crippen LogP contribution in [0.25, 0.3) is 0 Å². The highest BCUT2D eigenvalue weighted by Gasteiger charge is 2.31. The molecular weight excluding hydrogens is 183 g/mol. The molecule has 0 atom stereocenters. The summed E-state index contributed by atoms with van der Waals surface area (Å²) in [6.07, 6.45) is 4.72. The summed E-state index contributed by atoms with van der Waals surface area (Å²) in [6, 6.07) is 0. The Morgan fingerprint density at radius 2 is 1.85 bits per heavy atom. The van der Waals surface area contributed by atoms with Gasteiger partial charge in [-0.15, -0.1) is 0 Å². The van der Waals surface area contributed by atoms with Crippen molar-refractivity contribution in [1.29, 1.82) is 0 Å². The van der Waals surface area contributed by atoms with Gasteiger partial charge in [0.25, 0.3) is 0 Å². The molecule has 1 aliphatic rings. The Morgan fingerprint density at radius 3 is 2.31 bits per heavy atom. The first kappa shape index (κ1) is 11.4. The standard InChI is InChI=1S/C10H21O2P/c1-4-6-7-13-11-8-10(3,5-2)9-12-13/h4-9H2,1-3H3. The predicted molar refractivity (Wildman–Crippen MR) is 57.0 cm³/mol. The minimum absolute atomic E-state index is 0.269. The summed E-state index contributed by atoms with van der Waals surface area (Å²) in [6.45, 7) is 8.42. The first-order valence-corrected chi connectivity index (χ1v) is 6.60. The second kappa shape index (κ2) is 5.29. The lowest BCUT2D eigenvalue weighted by Gasteiger charge is -2.35. The van der Waals surface area contributed by atoms with Crippen LogP contribution < -0.4 is 0 Å². The monoisotopic (exact) mass is 204 g/mol. The summed E-state index contributed by atoms with van der Waals surface area (Å²) < 4.78 is 11.5. The zero-order chi connectivity index (χ0) is 9.73. The van der Waals surface area contributed by atoms with E-state index in [2.05, 4.69) is 20.8 Å². The SMILES string of the molecule is CCCCP1OCC(C)(CC)CO1. The smallest absolute Gasteiger partial charge is 0.170 e. The molecule has 0 aromatic rings. The van der Waals surface area contributed by atoms with Crippen LogP contribution in [0.2, 0.25) is 0 Å². The van der Waals surface area contributed by atoms with Gasteiger partial charge < -0.3 is 9.05 Å². The zero-order valence-corrected chi connectivity index (χ0v) is 9.90. The van der Waals surface area contributed by atoms with Gasteiger partial charge in [0.1, 0.15) is 0 Å². The molecule has 0 spiro atoms. The van der Waals surface area contributed by atoms with Gasteiger partial charge in [-0.25, -0.2) is 0 Å². The van der Waals surface area contributed by atoms with E-state index in [1.807, 2.05) is 0 Å². The van der Waals surface area contributed by atoms with E-state index in [0.29, 0.717) is 0 Å². The molecule has 0 aliphatic carbocycles. The molecule has 78 valence electrons. The fraction of sp³-hybridized carbons (Fsp3) is 1.00. The molecule has 0 aromatic heterocycles. The first-order chi connectivity index (χ1) is 6.20. The molecule has 3 heteroatoms. The maximum atomic E-state index is 5.73. The Morgan fingerprint density at radius 1 is 1.23 bits per heavy atom. The van der Waals surface area contributed by atoms with Crippen molar-refractivity contribution in [3.63, 3.8) is 0 Å². The molecule has 0 aromatic carbocycles. The largest absolute Gasteiger partial charge is 0.333 e. The van der Waals surface area contributed by atoms with Crippen molar-refractivity contribution in [1.82, 2.24) is 0 Å². The first-order valence-electron chi connectivity index (χ1n) is 5.23.